The maximum absolute atomic E-state index is 13.5. The number of fused-ring (bicyclic) bond motifs is 1. The number of hydrogen-bond acceptors (Lipinski definition) is 5. The number of hydrogen-bond donors (Lipinski definition) is 1. The van der Waals surface area contributed by atoms with Gasteiger partial charge in [0, 0.05) is 18.0 Å². The van der Waals surface area contributed by atoms with Crippen molar-refractivity contribution < 1.29 is 27.9 Å². The normalized spacial score (nSPS) is 10.9. The summed E-state index contributed by atoms with van der Waals surface area (Å²) in [5.41, 5.74) is 4.46. The van der Waals surface area contributed by atoms with Gasteiger partial charge in [-0.25, -0.2) is 9.18 Å². The topological polar surface area (TPSA) is 77.8 Å². The lowest BCUT2D eigenvalue weighted by Gasteiger charge is -2.13. The Morgan fingerprint density at radius 2 is 1.71 bits per heavy atom. The van der Waals surface area contributed by atoms with Crippen molar-refractivity contribution >= 4 is 22.8 Å². The third-order valence-corrected chi connectivity index (χ3v) is 5.91. The van der Waals surface area contributed by atoms with Gasteiger partial charge in [-0.05, 0) is 71.6 Å². The fraction of sp³-hybridized carbons (Fsp3) is 0.214. The molecule has 180 valence electrons. The van der Waals surface area contributed by atoms with Gasteiger partial charge in [-0.15, -0.1) is 0 Å². The van der Waals surface area contributed by atoms with Crippen LogP contribution in [-0.2, 0) is 11.2 Å². The Hall–Kier alpha value is -4.13. The predicted molar refractivity (Wildman–Crippen MR) is 132 cm³/mol. The van der Waals surface area contributed by atoms with E-state index in [-0.39, 0.29) is 11.7 Å². The molecule has 0 spiro atoms. The second-order valence-corrected chi connectivity index (χ2v) is 8.05. The lowest BCUT2D eigenvalue weighted by molar-refractivity contribution is 0.0597. The van der Waals surface area contributed by atoms with Crippen LogP contribution in [0.3, 0.4) is 0 Å². The van der Waals surface area contributed by atoms with Crippen molar-refractivity contribution in [3.05, 3.63) is 77.1 Å². The van der Waals surface area contributed by atoms with E-state index < -0.39 is 5.97 Å². The zero-order chi connectivity index (χ0) is 25.1. The molecule has 6 nitrogen and oxygen atoms in total. The van der Waals surface area contributed by atoms with E-state index in [9.17, 15) is 14.0 Å². The van der Waals surface area contributed by atoms with E-state index in [1.807, 2.05) is 18.2 Å². The number of carbonyl (C=O) groups excluding carboxylic acids is 2. The minimum absolute atomic E-state index is 0.306. The standard InChI is InChI=1S/C28H26FNO5/c1-5-6-17-14-24-21(15-20(17)18-9-12-23(33-3)22(13-18)28(32)34-4)25(27(31)30-2)26(35-24)16-7-10-19(29)11-8-16/h7-15H,5-6H2,1-4H3,(H,30,31). The number of benzene rings is 3. The van der Waals surface area contributed by atoms with Crippen molar-refractivity contribution in [3.8, 4) is 28.2 Å². The van der Waals surface area contributed by atoms with Gasteiger partial charge >= 0.3 is 5.97 Å². The Bertz CT molecular complexity index is 1410. The van der Waals surface area contributed by atoms with Crippen LogP contribution in [0, 0.1) is 5.82 Å². The number of furan rings is 1. The van der Waals surface area contributed by atoms with Gasteiger partial charge in [0.15, 0.2) is 0 Å². The van der Waals surface area contributed by atoms with E-state index in [0.717, 1.165) is 29.5 Å². The molecule has 1 amide bonds. The maximum Gasteiger partial charge on any atom is 0.341 e. The Labute approximate surface area is 202 Å². The van der Waals surface area contributed by atoms with E-state index >= 15 is 0 Å². The Morgan fingerprint density at radius 1 is 1.00 bits per heavy atom. The minimum atomic E-state index is -0.505. The van der Waals surface area contributed by atoms with E-state index in [2.05, 4.69) is 12.2 Å². The van der Waals surface area contributed by atoms with Crippen LogP contribution in [0.5, 0.6) is 5.75 Å². The SMILES string of the molecule is CCCc1cc2oc(-c3ccc(F)cc3)c(C(=O)NC)c2cc1-c1ccc(OC)c(C(=O)OC)c1. The molecule has 0 unspecified atom stereocenters. The average Bonchev–Trinajstić information content (AvgIpc) is 3.25. The highest BCUT2D eigenvalue weighted by Gasteiger charge is 2.24. The number of ether oxygens (including phenoxy) is 2. The number of carbonyl (C=O) groups is 2. The molecule has 0 atom stereocenters. The summed E-state index contributed by atoms with van der Waals surface area (Å²) in [6.45, 7) is 2.07. The first-order valence-corrected chi connectivity index (χ1v) is 11.3. The summed E-state index contributed by atoms with van der Waals surface area (Å²) >= 11 is 0. The number of halogens is 1. The highest BCUT2D eigenvalue weighted by atomic mass is 19.1. The number of amides is 1. The molecular formula is C28H26FNO5. The molecule has 0 saturated heterocycles. The number of esters is 1. The van der Waals surface area contributed by atoms with Gasteiger partial charge in [-0.2, -0.15) is 0 Å². The molecule has 3 aromatic carbocycles. The highest BCUT2D eigenvalue weighted by molar-refractivity contribution is 6.12. The largest absolute Gasteiger partial charge is 0.496 e. The number of aryl methyl sites for hydroxylation is 1. The van der Waals surface area contributed by atoms with Crippen molar-refractivity contribution in [2.24, 2.45) is 0 Å². The Kier molecular flexibility index (Phi) is 6.87. The monoisotopic (exact) mass is 475 g/mol. The summed E-state index contributed by atoms with van der Waals surface area (Å²) < 4.78 is 30.0. The molecule has 4 aromatic rings. The third-order valence-electron chi connectivity index (χ3n) is 5.91. The molecule has 0 aliphatic rings. The summed E-state index contributed by atoms with van der Waals surface area (Å²) in [5.74, 6) is -0.424. The summed E-state index contributed by atoms with van der Waals surface area (Å²) in [6, 6.07) is 15.0. The minimum Gasteiger partial charge on any atom is -0.496 e. The molecule has 0 aliphatic heterocycles. The van der Waals surface area contributed by atoms with E-state index in [0.29, 0.717) is 39.2 Å². The number of nitrogens with one attached hydrogen (secondary N) is 1. The first-order valence-electron chi connectivity index (χ1n) is 11.3. The molecule has 0 radical (unpaired) electrons. The highest BCUT2D eigenvalue weighted by Crippen LogP contribution is 2.39. The van der Waals surface area contributed by atoms with Crippen molar-refractivity contribution in [3.63, 3.8) is 0 Å². The molecule has 4 rings (SSSR count). The quantitative estimate of drug-likeness (QED) is 0.331. The van der Waals surface area contributed by atoms with Crippen LogP contribution >= 0.6 is 0 Å². The van der Waals surface area contributed by atoms with E-state index in [1.54, 1.807) is 31.3 Å². The lowest BCUT2D eigenvalue weighted by Crippen LogP contribution is -2.18. The molecule has 0 fully saturated rings. The molecule has 1 heterocycles. The number of rotatable bonds is 7. The smallest absolute Gasteiger partial charge is 0.341 e. The fourth-order valence-electron chi connectivity index (χ4n) is 4.23. The molecule has 35 heavy (non-hydrogen) atoms. The van der Waals surface area contributed by atoms with Crippen LogP contribution in [0.25, 0.3) is 33.4 Å². The zero-order valence-electron chi connectivity index (χ0n) is 20.0. The molecule has 0 bridgehead atoms. The zero-order valence-corrected chi connectivity index (χ0v) is 20.0. The summed E-state index contributed by atoms with van der Waals surface area (Å²) in [4.78, 5) is 25.3. The molecule has 1 N–H and O–H groups in total. The van der Waals surface area contributed by atoms with Crippen molar-refractivity contribution in [1.29, 1.82) is 0 Å². The molecule has 7 heteroatoms. The van der Waals surface area contributed by atoms with Gasteiger partial charge in [0.25, 0.3) is 5.91 Å². The van der Waals surface area contributed by atoms with Crippen LogP contribution < -0.4 is 10.1 Å². The second-order valence-electron chi connectivity index (χ2n) is 8.05. The van der Waals surface area contributed by atoms with Gasteiger partial charge in [0.05, 0.1) is 19.8 Å². The van der Waals surface area contributed by atoms with Gasteiger partial charge in [-0.1, -0.05) is 19.4 Å². The van der Waals surface area contributed by atoms with Crippen LogP contribution in [0.1, 0.15) is 39.6 Å². The van der Waals surface area contributed by atoms with Crippen molar-refractivity contribution in [2.75, 3.05) is 21.3 Å². The summed E-state index contributed by atoms with van der Waals surface area (Å²) in [6.07, 6.45) is 1.64. The first kappa shape index (κ1) is 24.0. The van der Waals surface area contributed by atoms with Gasteiger partial charge in [0.1, 0.15) is 28.5 Å². The predicted octanol–water partition coefficient (Wildman–Crippen LogP) is 6.01. The Morgan fingerprint density at radius 3 is 2.34 bits per heavy atom. The second kappa shape index (κ2) is 10.0. The maximum atomic E-state index is 13.5. The van der Waals surface area contributed by atoms with Crippen LogP contribution in [0.2, 0.25) is 0 Å². The summed E-state index contributed by atoms with van der Waals surface area (Å²) in [5, 5.41) is 3.30. The Balaban J connectivity index is 2.00. The van der Waals surface area contributed by atoms with Crippen LogP contribution in [0.15, 0.2) is 59.0 Å². The fourth-order valence-corrected chi connectivity index (χ4v) is 4.23. The van der Waals surface area contributed by atoms with E-state index in [1.165, 1.54) is 26.4 Å². The van der Waals surface area contributed by atoms with Crippen molar-refractivity contribution in [1.82, 2.24) is 5.32 Å². The molecular weight excluding hydrogens is 449 g/mol. The lowest BCUT2D eigenvalue weighted by atomic mass is 9.92. The van der Waals surface area contributed by atoms with Gasteiger partial charge < -0.3 is 19.2 Å². The average molecular weight is 476 g/mol. The molecule has 0 saturated carbocycles. The summed E-state index contributed by atoms with van der Waals surface area (Å²) in [7, 11) is 4.36. The van der Waals surface area contributed by atoms with E-state index in [4.69, 9.17) is 13.9 Å². The van der Waals surface area contributed by atoms with Crippen LogP contribution in [-0.4, -0.2) is 33.1 Å². The van der Waals surface area contributed by atoms with Crippen LogP contribution in [0.4, 0.5) is 4.39 Å². The third kappa shape index (κ3) is 4.49. The van der Waals surface area contributed by atoms with Gasteiger partial charge in [0.2, 0.25) is 0 Å². The van der Waals surface area contributed by atoms with Gasteiger partial charge in [-0.3, -0.25) is 4.79 Å². The molecule has 1 aromatic heterocycles. The van der Waals surface area contributed by atoms with Crippen molar-refractivity contribution in [2.45, 2.75) is 19.8 Å². The number of methoxy groups -OCH3 is 2. The first-order chi connectivity index (χ1) is 16.9. The molecule has 0 aliphatic carbocycles.